The van der Waals surface area contributed by atoms with Gasteiger partial charge in [0.1, 0.15) is 4.90 Å². The molecule has 0 amide bonds. The number of hydrogen-bond donors (Lipinski definition) is 1. The lowest BCUT2D eigenvalue weighted by atomic mass is 10.3. The highest BCUT2D eigenvalue weighted by atomic mass is 79.9. The molecule has 0 fully saturated rings. The Morgan fingerprint density at radius 1 is 1.62 bits per heavy atom. The van der Waals surface area contributed by atoms with Gasteiger partial charge in [-0.25, -0.2) is 13.1 Å². The van der Waals surface area contributed by atoms with Crippen LogP contribution in [-0.2, 0) is 10.0 Å². The first-order valence-corrected chi connectivity index (χ1v) is 6.73. The van der Waals surface area contributed by atoms with Crippen LogP contribution in [0.4, 0.5) is 0 Å². The van der Waals surface area contributed by atoms with Crippen LogP contribution < -0.4 is 4.72 Å². The monoisotopic (exact) mass is 303 g/mol. The molecular formula is C9H10BrN3O2S. The van der Waals surface area contributed by atoms with Crippen molar-refractivity contribution in [2.45, 2.75) is 24.3 Å². The Kier molecular flexibility index (Phi) is 4.41. The van der Waals surface area contributed by atoms with Crippen LogP contribution in [0.3, 0.4) is 0 Å². The number of sulfonamides is 1. The fraction of sp³-hybridized carbons (Fsp3) is 0.333. The van der Waals surface area contributed by atoms with Gasteiger partial charge in [0.05, 0.1) is 12.5 Å². The van der Waals surface area contributed by atoms with Crippen molar-refractivity contribution in [3.05, 3.63) is 22.9 Å². The predicted molar refractivity (Wildman–Crippen MR) is 62.0 cm³/mol. The largest absolute Gasteiger partial charge is 0.262 e. The maximum absolute atomic E-state index is 11.8. The van der Waals surface area contributed by atoms with Gasteiger partial charge in [0.2, 0.25) is 10.0 Å². The summed E-state index contributed by atoms with van der Waals surface area (Å²) >= 11 is 3.14. The number of nitriles is 1. The van der Waals surface area contributed by atoms with Crippen molar-refractivity contribution in [1.29, 1.82) is 5.26 Å². The Balaban J connectivity index is 2.91. The van der Waals surface area contributed by atoms with Gasteiger partial charge in [-0.05, 0) is 28.9 Å². The van der Waals surface area contributed by atoms with Gasteiger partial charge in [-0.1, -0.05) is 0 Å². The Hall–Kier alpha value is -0.970. The third-order valence-corrected chi connectivity index (χ3v) is 3.73. The molecule has 0 saturated heterocycles. The molecule has 0 aliphatic rings. The van der Waals surface area contributed by atoms with Gasteiger partial charge in [-0.15, -0.1) is 0 Å². The van der Waals surface area contributed by atoms with E-state index in [4.69, 9.17) is 5.26 Å². The molecule has 0 saturated carbocycles. The van der Waals surface area contributed by atoms with Crippen molar-refractivity contribution < 1.29 is 8.42 Å². The summed E-state index contributed by atoms with van der Waals surface area (Å²) in [5.74, 6) is 0. The van der Waals surface area contributed by atoms with Gasteiger partial charge in [0, 0.05) is 22.9 Å². The van der Waals surface area contributed by atoms with E-state index >= 15 is 0 Å². The summed E-state index contributed by atoms with van der Waals surface area (Å²) in [6, 6.07) is 2.93. The number of nitrogens with zero attached hydrogens (tertiary/aromatic N) is 2. The minimum Gasteiger partial charge on any atom is -0.262 e. The zero-order chi connectivity index (χ0) is 12.2. The Morgan fingerprint density at radius 2 is 2.31 bits per heavy atom. The quantitative estimate of drug-likeness (QED) is 0.912. The Morgan fingerprint density at radius 3 is 2.88 bits per heavy atom. The van der Waals surface area contributed by atoms with Crippen molar-refractivity contribution >= 4 is 26.0 Å². The molecule has 0 aliphatic heterocycles. The van der Waals surface area contributed by atoms with Crippen LogP contribution >= 0.6 is 15.9 Å². The number of pyridine rings is 1. The first-order valence-electron chi connectivity index (χ1n) is 4.45. The highest BCUT2D eigenvalue weighted by Crippen LogP contribution is 2.14. The summed E-state index contributed by atoms with van der Waals surface area (Å²) in [6.07, 6.45) is 2.88. The van der Waals surface area contributed by atoms with Crippen LogP contribution in [0.25, 0.3) is 0 Å². The summed E-state index contributed by atoms with van der Waals surface area (Å²) in [7, 11) is -3.60. The second kappa shape index (κ2) is 5.39. The molecule has 1 heterocycles. The summed E-state index contributed by atoms with van der Waals surface area (Å²) in [6.45, 7) is 1.63. The van der Waals surface area contributed by atoms with Crippen LogP contribution in [0.15, 0.2) is 27.8 Å². The minimum absolute atomic E-state index is 0.0756. The van der Waals surface area contributed by atoms with Gasteiger partial charge in [0.25, 0.3) is 0 Å². The molecule has 0 aliphatic carbocycles. The molecule has 0 bridgehead atoms. The standard InChI is InChI=1S/C9H10BrN3O2S/c1-7(2-3-11)13-16(14,15)9-4-8(10)5-12-6-9/h4-7,13H,2H2,1H3. The Bertz CT molecular complexity index is 510. The van der Waals surface area contributed by atoms with E-state index in [2.05, 4.69) is 25.6 Å². The molecule has 0 spiro atoms. The number of halogens is 1. The van der Waals surface area contributed by atoms with Crippen LogP contribution in [0.2, 0.25) is 0 Å². The second-order valence-corrected chi connectivity index (χ2v) is 5.85. The smallest absolute Gasteiger partial charge is 0.242 e. The first-order chi connectivity index (χ1) is 7.45. The molecule has 1 rings (SSSR count). The number of hydrogen-bond acceptors (Lipinski definition) is 4. The second-order valence-electron chi connectivity index (χ2n) is 3.22. The van der Waals surface area contributed by atoms with E-state index in [-0.39, 0.29) is 11.3 Å². The van der Waals surface area contributed by atoms with E-state index in [0.29, 0.717) is 4.47 Å². The lowest BCUT2D eigenvalue weighted by Gasteiger charge is -2.10. The molecular weight excluding hydrogens is 294 g/mol. The molecule has 1 aromatic rings. The Labute approximate surface area is 103 Å². The zero-order valence-corrected chi connectivity index (χ0v) is 10.9. The normalized spacial score (nSPS) is 13.1. The molecule has 1 unspecified atom stereocenters. The predicted octanol–water partition coefficient (Wildman–Crippen LogP) is 1.42. The van der Waals surface area contributed by atoms with E-state index in [1.165, 1.54) is 18.5 Å². The topological polar surface area (TPSA) is 82.9 Å². The van der Waals surface area contributed by atoms with Crippen molar-refractivity contribution in [3.8, 4) is 6.07 Å². The molecule has 0 aromatic carbocycles. The molecule has 86 valence electrons. The highest BCUT2D eigenvalue weighted by molar-refractivity contribution is 9.10. The van der Waals surface area contributed by atoms with Crippen LogP contribution in [0, 0.1) is 11.3 Å². The van der Waals surface area contributed by atoms with Crippen molar-refractivity contribution in [1.82, 2.24) is 9.71 Å². The van der Waals surface area contributed by atoms with Gasteiger partial charge < -0.3 is 0 Å². The lowest BCUT2D eigenvalue weighted by Crippen LogP contribution is -2.32. The first kappa shape index (κ1) is 13.1. The van der Waals surface area contributed by atoms with Gasteiger partial charge in [0.15, 0.2) is 0 Å². The average Bonchev–Trinajstić information content (AvgIpc) is 2.17. The maximum atomic E-state index is 11.8. The maximum Gasteiger partial charge on any atom is 0.242 e. The molecule has 1 N–H and O–H groups in total. The van der Waals surface area contributed by atoms with Crippen molar-refractivity contribution in [2.75, 3.05) is 0 Å². The van der Waals surface area contributed by atoms with Crippen LogP contribution in [0.5, 0.6) is 0 Å². The molecule has 7 heteroatoms. The summed E-state index contributed by atoms with van der Waals surface area (Å²) in [5, 5.41) is 8.44. The summed E-state index contributed by atoms with van der Waals surface area (Å²) in [4.78, 5) is 3.85. The van der Waals surface area contributed by atoms with Gasteiger partial charge in [-0.2, -0.15) is 5.26 Å². The van der Waals surface area contributed by atoms with E-state index in [9.17, 15) is 8.42 Å². The zero-order valence-electron chi connectivity index (χ0n) is 8.51. The van der Waals surface area contributed by atoms with Crippen LogP contribution in [0.1, 0.15) is 13.3 Å². The summed E-state index contributed by atoms with van der Waals surface area (Å²) < 4.78 is 26.6. The van der Waals surface area contributed by atoms with Crippen LogP contribution in [-0.4, -0.2) is 19.4 Å². The average molecular weight is 304 g/mol. The van der Waals surface area contributed by atoms with E-state index in [1.54, 1.807) is 6.92 Å². The number of aromatic nitrogens is 1. The molecule has 16 heavy (non-hydrogen) atoms. The highest BCUT2D eigenvalue weighted by Gasteiger charge is 2.17. The molecule has 1 atom stereocenters. The molecule has 5 nitrogen and oxygen atoms in total. The summed E-state index contributed by atoms with van der Waals surface area (Å²) in [5.41, 5.74) is 0. The minimum atomic E-state index is -3.60. The fourth-order valence-electron chi connectivity index (χ4n) is 1.05. The fourth-order valence-corrected chi connectivity index (χ4v) is 2.80. The van der Waals surface area contributed by atoms with E-state index in [0.717, 1.165) is 0 Å². The SMILES string of the molecule is CC(CC#N)NS(=O)(=O)c1cncc(Br)c1. The van der Waals surface area contributed by atoms with Gasteiger partial charge in [-0.3, -0.25) is 4.98 Å². The number of rotatable bonds is 4. The van der Waals surface area contributed by atoms with E-state index < -0.39 is 16.1 Å². The van der Waals surface area contributed by atoms with Crippen molar-refractivity contribution in [2.24, 2.45) is 0 Å². The lowest BCUT2D eigenvalue weighted by molar-refractivity contribution is 0.562. The van der Waals surface area contributed by atoms with E-state index in [1.807, 2.05) is 6.07 Å². The number of nitrogens with one attached hydrogen (secondary N) is 1. The molecule has 0 radical (unpaired) electrons. The molecule has 1 aromatic heterocycles. The van der Waals surface area contributed by atoms with Gasteiger partial charge >= 0.3 is 0 Å². The van der Waals surface area contributed by atoms with Crippen molar-refractivity contribution in [3.63, 3.8) is 0 Å². The third-order valence-electron chi connectivity index (χ3n) is 1.74. The third kappa shape index (κ3) is 3.56.